The number of fused-ring (bicyclic) bond motifs is 1. The molecule has 1 amide bonds. The largest absolute Gasteiger partial charge is 0.479 e. The number of nitrogens with zero attached hydrogens (tertiary/aromatic N) is 1. The molecule has 0 bridgehead atoms. The zero-order valence-electron chi connectivity index (χ0n) is 14.6. The number of aryl methyl sites for hydroxylation is 1. The summed E-state index contributed by atoms with van der Waals surface area (Å²) >= 11 is 6.25. The van der Waals surface area contributed by atoms with Gasteiger partial charge < -0.3 is 14.5 Å². The number of nitriles is 1. The van der Waals surface area contributed by atoms with Crippen LogP contribution < -0.4 is 15.7 Å². The monoisotopic (exact) mass is 382 g/mol. The Kier molecular flexibility index (Phi) is 5.15. The minimum Gasteiger partial charge on any atom is -0.479 e. The minimum atomic E-state index is -0.873. The highest BCUT2D eigenvalue weighted by atomic mass is 35.5. The van der Waals surface area contributed by atoms with Gasteiger partial charge in [-0.1, -0.05) is 17.7 Å². The fourth-order valence-corrected chi connectivity index (χ4v) is 2.77. The van der Waals surface area contributed by atoms with E-state index >= 15 is 0 Å². The normalized spacial score (nSPS) is 11.6. The van der Waals surface area contributed by atoms with Crippen molar-refractivity contribution in [3.63, 3.8) is 0 Å². The summed E-state index contributed by atoms with van der Waals surface area (Å²) in [6.07, 6.45) is -0.873. The molecule has 2 aromatic carbocycles. The molecule has 7 heteroatoms. The number of rotatable bonds is 4. The fourth-order valence-electron chi connectivity index (χ4n) is 2.56. The zero-order valence-corrected chi connectivity index (χ0v) is 15.3. The molecular formula is C20H15ClN2O4. The first kappa shape index (κ1) is 18.5. The molecule has 0 aliphatic heterocycles. The van der Waals surface area contributed by atoms with Gasteiger partial charge in [0, 0.05) is 23.2 Å². The van der Waals surface area contributed by atoms with Crippen LogP contribution in [0.2, 0.25) is 5.02 Å². The summed E-state index contributed by atoms with van der Waals surface area (Å²) in [7, 11) is 0. The maximum Gasteiger partial charge on any atom is 0.336 e. The predicted octanol–water partition coefficient (Wildman–Crippen LogP) is 4.03. The van der Waals surface area contributed by atoms with Crippen LogP contribution in [0.4, 0.5) is 5.69 Å². The van der Waals surface area contributed by atoms with Crippen molar-refractivity contribution in [2.24, 2.45) is 0 Å². The zero-order chi connectivity index (χ0) is 19.6. The summed E-state index contributed by atoms with van der Waals surface area (Å²) in [6.45, 7) is 3.35. The summed E-state index contributed by atoms with van der Waals surface area (Å²) in [5, 5.41) is 12.6. The highest BCUT2D eigenvalue weighted by molar-refractivity contribution is 6.32. The number of hydrogen-bond donors (Lipinski definition) is 1. The summed E-state index contributed by atoms with van der Waals surface area (Å²) in [4.78, 5) is 23.9. The molecule has 0 radical (unpaired) electrons. The lowest BCUT2D eigenvalue weighted by molar-refractivity contribution is -0.122. The van der Waals surface area contributed by atoms with E-state index in [2.05, 4.69) is 5.32 Å². The van der Waals surface area contributed by atoms with Crippen molar-refractivity contribution in [1.82, 2.24) is 0 Å². The Morgan fingerprint density at radius 3 is 2.81 bits per heavy atom. The SMILES string of the molecule is Cc1cc(=O)oc2cc(O[C@@H](C)C(=O)Nc3cccc(C#N)c3)c(Cl)cc12. The van der Waals surface area contributed by atoms with Crippen LogP contribution in [-0.4, -0.2) is 12.0 Å². The van der Waals surface area contributed by atoms with Gasteiger partial charge in [0.15, 0.2) is 6.10 Å². The quantitative estimate of drug-likeness (QED) is 0.687. The minimum absolute atomic E-state index is 0.228. The van der Waals surface area contributed by atoms with Gasteiger partial charge in [0.05, 0.1) is 16.7 Å². The van der Waals surface area contributed by atoms with Gasteiger partial charge in [0.1, 0.15) is 11.3 Å². The van der Waals surface area contributed by atoms with Crippen LogP contribution in [0.25, 0.3) is 11.0 Å². The third kappa shape index (κ3) is 4.10. The van der Waals surface area contributed by atoms with Gasteiger partial charge in [-0.25, -0.2) is 4.79 Å². The summed E-state index contributed by atoms with van der Waals surface area (Å²) in [5.41, 5.74) is 1.51. The van der Waals surface area contributed by atoms with Crippen LogP contribution in [0.3, 0.4) is 0 Å². The number of hydrogen-bond acceptors (Lipinski definition) is 5. The van der Waals surface area contributed by atoms with E-state index in [0.717, 1.165) is 5.56 Å². The van der Waals surface area contributed by atoms with Crippen molar-refractivity contribution < 1.29 is 13.9 Å². The van der Waals surface area contributed by atoms with E-state index in [4.69, 9.17) is 26.0 Å². The Balaban J connectivity index is 1.81. The van der Waals surface area contributed by atoms with Gasteiger partial charge in [-0.15, -0.1) is 0 Å². The number of nitrogens with one attached hydrogen (secondary N) is 1. The second-order valence-corrected chi connectivity index (χ2v) is 6.38. The van der Waals surface area contributed by atoms with E-state index in [-0.39, 0.29) is 5.75 Å². The van der Waals surface area contributed by atoms with Crippen LogP contribution in [0, 0.1) is 18.3 Å². The van der Waals surface area contributed by atoms with Crippen LogP contribution in [0.1, 0.15) is 18.1 Å². The van der Waals surface area contributed by atoms with Crippen molar-refractivity contribution in [2.75, 3.05) is 5.32 Å². The maximum absolute atomic E-state index is 12.4. The lowest BCUT2D eigenvalue weighted by atomic mass is 10.1. The number of carbonyl (C=O) groups is 1. The first-order valence-corrected chi connectivity index (χ1v) is 8.47. The molecule has 1 atom stereocenters. The summed E-state index contributed by atoms with van der Waals surface area (Å²) in [5.74, 6) is -0.182. The first-order valence-electron chi connectivity index (χ1n) is 8.09. The number of carbonyl (C=O) groups excluding carboxylic acids is 1. The lowest BCUT2D eigenvalue weighted by Crippen LogP contribution is -2.30. The summed E-state index contributed by atoms with van der Waals surface area (Å²) < 4.78 is 10.8. The van der Waals surface area contributed by atoms with Gasteiger partial charge in [0.25, 0.3) is 5.91 Å². The Morgan fingerprint density at radius 1 is 1.30 bits per heavy atom. The van der Waals surface area contributed by atoms with E-state index in [0.29, 0.717) is 27.2 Å². The van der Waals surface area contributed by atoms with Gasteiger partial charge in [-0.3, -0.25) is 4.79 Å². The van der Waals surface area contributed by atoms with Crippen LogP contribution in [-0.2, 0) is 4.79 Å². The molecule has 0 unspecified atom stereocenters. The third-order valence-electron chi connectivity index (χ3n) is 3.94. The van der Waals surface area contributed by atoms with E-state index in [1.165, 1.54) is 12.1 Å². The van der Waals surface area contributed by atoms with Crippen molar-refractivity contribution in [3.05, 3.63) is 69.0 Å². The molecule has 1 aromatic heterocycles. The van der Waals surface area contributed by atoms with Crippen LogP contribution in [0.5, 0.6) is 5.75 Å². The maximum atomic E-state index is 12.4. The number of anilines is 1. The van der Waals surface area contributed by atoms with E-state index < -0.39 is 17.6 Å². The molecule has 1 N–H and O–H groups in total. The fraction of sp³-hybridized carbons (Fsp3) is 0.150. The summed E-state index contributed by atoms with van der Waals surface area (Å²) in [6, 6.07) is 13.1. The molecule has 136 valence electrons. The van der Waals surface area contributed by atoms with Gasteiger partial charge in [0.2, 0.25) is 0 Å². The second kappa shape index (κ2) is 7.52. The molecule has 0 spiro atoms. The molecule has 0 saturated carbocycles. The first-order chi connectivity index (χ1) is 12.9. The Hall–Kier alpha value is -3.30. The number of halogens is 1. The van der Waals surface area contributed by atoms with Crippen molar-refractivity contribution in [2.45, 2.75) is 20.0 Å². The third-order valence-corrected chi connectivity index (χ3v) is 4.23. The molecule has 1 heterocycles. The van der Waals surface area contributed by atoms with Gasteiger partial charge >= 0.3 is 5.63 Å². The highest BCUT2D eigenvalue weighted by Gasteiger charge is 2.18. The second-order valence-electron chi connectivity index (χ2n) is 5.97. The molecule has 6 nitrogen and oxygen atoms in total. The number of benzene rings is 2. The van der Waals surface area contributed by atoms with Gasteiger partial charge in [-0.05, 0) is 43.7 Å². The molecule has 0 saturated heterocycles. The Bertz CT molecular complexity index is 1130. The molecule has 3 aromatic rings. The van der Waals surface area contributed by atoms with Crippen LogP contribution >= 0.6 is 11.6 Å². The van der Waals surface area contributed by atoms with Crippen molar-refractivity contribution in [3.8, 4) is 11.8 Å². The number of ether oxygens (including phenoxy) is 1. The molecular weight excluding hydrogens is 368 g/mol. The predicted molar refractivity (Wildman–Crippen MR) is 102 cm³/mol. The van der Waals surface area contributed by atoms with E-state index in [1.54, 1.807) is 44.2 Å². The van der Waals surface area contributed by atoms with Crippen molar-refractivity contribution in [1.29, 1.82) is 5.26 Å². The van der Waals surface area contributed by atoms with Gasteiger partial charge in [-0.2, -0.15) is 5.26 Å². The average Bonchev–Trinajstić information content (AvgIpc) is 2.63. The highest BCUT2D eigenvalue weighted by Crippen LogP contribution is 2.31. The molecule has 0 aliphatic rings. The lowest BCUT2D eigenvalue weighted by Gasteiger charge is -2.16. The van der Waals surface area contributed by atoms with Crippen LogP contribution in [0.15, 0.2) is 51.7 Å². The van der Waals surface area contributed by atoms with E-state index in [1.807, 2.05) is 6.07 Å². The van der Waals surface area contributed by atoms with E-state index in [9.17, 15) is 9.59 Å². The smallest absolute Gasteiger partial charge is 0.336 e. The average molecular weight is 383 g/mol. The topological polar surface area (TPSA) is 92.3 Å². The molecule has 27 heavy (non-hydrogen) atoms. The standard InChI is InChI=1S/C20H15ClN2O4/c1-11-6-19(24)27-17-9-18(16(21)8-15(11)17)26-12(2)20(25)23-14-5-3-4-13(7-14)10-22/h3-9,12H,1-2H3,(H,23,25)/t12-/m0/s1. The molecule has 0 fully saturated rings. The Morgan fingerprint density at radius 2 is 2.07 bits per heavy atom. The number of amides is 1. The molecule has 3 rings (SSSR count). The molecule has 0 aliphatic carbocycles. The Labute approximate surface area is 159 Å². The van der Waals surface area contributed by atoms with Crippen molar-refractivity contribution >= 4 is 34.2 Å².